The van der Waals surface area contributed by atoms with E-state index in [1.54, 1.807) is 0 Å². The predicted molar refractivity (Wildman–Crippen MR) is 129 cm³/mol. The molecule has 0 unspecified atom stereocenters. The largest absolute Gasteiger partial charge is 0.511 e. The lowest BCUT2D eigenvalue weighted by Crippen LogP contribution is -2.39. The van der Waals surface area contributed by atoms with Gasteiger partial charge in [0, 0.05) is 36.3 Å². The van der Waals surface area contributed by atoms with Gasteiger partial charge in [0.25, 0.3) is 5.91 Å². The SMILES string of the molecule is C=C(O)[C@H](Cc1ccc2c3c1CCCN3Cc1cc(F)cc(Cl)c1-2)NC(=O)c1c(F)cccc1F. The van der Waals surface area contributed by atoms with Crippen LogP contribution in [0.2, 0.25) is 5.02 Å². The molecule has 1 amide bonds. The lowest BCUT2D eigenvalue weighted by atomic mass is 9.84. The van der Waals surface area contributed by atoms with Crippen molar-refractivity contribution in [1.82, 2.24) is 5.32 Å². The highest BCUT2D eigenvalue weighted by atomic mass is 35.5. The van der Waals surface area contributed by atoms with Crippen LogP contribution in [0.3, 0.4) is 0 Å². The molecule has 180 valence electrons. The summed E-state index contributed by atoms with van der Waals surface area (Å²) in [7, 11) is 0. The van der Waals surface area contributed by atoms with E-state index in [-0.39, 0.29) is 18.0 Å². The van der Waals surface area contributed by atoms with Crippen molar-refractivity contribution in [2.24, 2.45) is 0 Å². The van der Waals surface area contributed by atoms with Gasteiger partial charge in [0.15, 0.2) is 0 Å². The molecule has 0 aromatic heterocycles. The van der Waals surface area contributed by atoms with Crippen LogP contribution in [0.25, 0.3) is 11.1 Å². The average molecular weight is 499 g/mol. The van der Waals surface area contributed by atoms with Gasteiger partial charge in [-0.15, -0.1) is 0 Å². The summed E-state index contributed by atoms with van der Waals surface area (Å²) in [6, 6.07) is 8.82. The first-order valence-electron chi connectivity index (χ1n) is 11.2. The molecule has 0 saturated carbocycles. The Morgan fingerprint density at radius 3 is 2.63 bits per heavy atom. The van der Waals surface area contributed by atoms with Gasteiger partial charge in [0.1, 0.15) is 28.8 Å². The molecule has 3 aromatic rings. The number of benzene rings is 3. The Morgan fingerprint density at radius 2 is 1.91 bits per heavy atom. The summed E-state index contributed by atoms with van der Waals surface area (Å²) in [4.78, 5) is 14.8. The Labute approximate surface area is 205 Å². The van der Waals surface area contributed by atoms with Crippen LogP contribution >= 0.6 is 11.6 Å². The molecule has 5 rings (SSSR count). The molecule has 0 radical (unpaired) electrons. The molecule has 1 atom stereocenters. The maximum Gasteiger partial charge on any atom is 0.257 e. The van der Waals surface area contributed by atoms with Crippen molar-refractivity contribution in [3.8, 4) is 11.1 Å². The Hall–Kier alpha value is -3.45. The van der Waals surface area contributed by atoms with Crippen molar-refractivity contribution in [3.05, 3.63) is 99.5 Å². The molecule has 2 heterocycles. The van der Waals surface area contributed by atoms with Crippen molar-refractivity contribution in [1.29, 1.82) is 0 Å². The van der Waals surface area contributed by atoms with Crippen LogP contribution in [0, 0.1) is 17.5 Å². The minimum atomic E-state index is -0.990. The zero-order valence-electron chi connectivity index (χ0n) is 18.7. The summed E-state index contributed by atoms with van der Waals surface area (Å²) in [5.74, 6) is -3.65. The molecule has 8 heteroatoms. The van der Waals surface area contributed by atoms with Crippen molar-refractivity contribution >= 4 is 23.2 Å². The van der Waals surface area contributed by atoms with E-state index in [1.165, 1.54) is 18.2 Å². The average Bonchev–Trinajstić information content (AvgIpc) is 2.79. The lowest BCUT2D eigenvalue weighted by molar-refractivity contribution is 0.0925. The molecule has 3 aromatic carbocycles. The molecule has 0 aliphatic carbocycles. The molecule has 2 N–H and O–H groups in total. The molecule has 35 heavy (non-hydrogen) atoms. The van der Waals surface area contributed by atoms with Gasteiger partial charge in [-0.2, -0.15) is 0 Å². The van der Waals surface area contributed by atoms with E-state index in [0.29, 0.717) is 11.6 Å². The summed E-state index contributed by atoms with van der Waals surface area (Å²) in [5, 5.41) is 13.1. The number of nitrogens with one attached hydrogen (secondary N) is 1. The quantitative estimate of drug-likeness (QED) is 0.418. The number of hydrogen-bond donors (Lipinski definition) is 2. The maximum absolute atomic E-state index is 14.1. The fourth-order valence-electron chi connectivity index (χ4n) is 5.10. The fourth-order valence-corrected chi connectivity index (χ4v) is 5.43. The van der Waals surface area contributed by atoms with Crippen LogP contribution in [0.15, 0.2) is 54.8 Å². The van der Waals surface area contributed by atoms with Crippen LogP contribution < -0.4 is 10.2 Å². The number of aliphatic hydroxyl groups is 1. The second-order valence-corrected chi connectivity index (χ2v) is 9.27. The number of amides is 1. The zero-order chi connectivity index (χ0) is 24.9. The minimum Gasteiger partial charge on any atom is -0.511 e. The number of fused-ring (bicyclic) bond motifs is 2. The Balaban J connectivity index is 1.51. The van der Waals surface area contributed by atoms with Crippen molar-refractivity contribution in [3.63, 3.8) is 0 Å². The molecule has 2 aliphatic heterocycles. The van der Waals surface area contributed by atoms with Gasteiger partial charge >= 0.3 is 0 Å². The van der Waals surface area contributed by atoms with Gasteiger partial charge in [-0.05, 0) is 53.8 Å². The highest BCUT2D eigenvalue weighted by Crippen LogP contribution is 2.47. The van der Waals surface area contributed by atoms with Gasteiger partial charge < -0.3 is 15.3 Å². The highest BCUT2D eigenvalue weighted by molar-refractivity contribution is 6.33. The van der Waals surface area contributed by atoms with Crippen LogP contribution in [0.4, 0.5) is 18.9 Å². The maximum atomic E-state index is 14.1. The lowest BCUT2D eigenvalue weighted by Gasteiger charge is -2.39. The van der Waals surface area contributed by atoms with Gasteiger partial charge in [0.05, 0.1) is 11.1 Å². The monoisotopic (exact) mass is 498 g/mol. The van der Waals surface area contributed by atoms with E-state index < -0.39 is 29.1 Å². The van der Waals surface area contributed by atoms with Crippen LogP contribution in [-0.4, -0.2) is 23.6 Å². The number of halogens is 4. The van der Waals surface area contributed by atoms with Crippen LogP contribution in [0.5, 0.6) is 0 Å². The van der Waals surface area contributed by atoms with E-state index in [0.717, 1.165) is 65.0 Å². The molecule has 0 spiro atoms. The smallest absolute Gasteiger partial charge is 0.257 e. The van der Waals surface area contributed by atoms with Gasteiger partial charge in [-0.25, -0.2) is 13.2 Å². The summed E-state index contributed by atoms with van der Waals surface area (Å²) >= 11 is 6.43. The molecule has 4 nitrogen and oxygen atoms in total. The number of hydrogen-bond acceptors (Lipinski definition) is 3. The summed E-state index contributed by atoms with van der Waals surface area (Å²) in [6.45, 7) is 4.88. The van der Waals surface area contributed by atoms with Crippen molar-refractivity contribution in [2.75, 3.05) is 11.4 Å². The van der Waals surface area contributed by atoms with E-state index >= 15 is 0 Å². The summed E-state index contributed by atoms with van der Waals surface area (Å²) in [6.07, 6.45) is 1.82. The van der Waals surface area contributed by atoms with Crippen LogP contribution in [-0.2, 0) is 19.4 Å². The predicted octanol–water partition coefficient (Wildman–Crippen LogP) is 6.10. The first-order valence-corrected chi connectivity index (χ1v) is 11.6. The third kappa shape index (κ3) is 4.14. The fraction of sp³-hybridized carbons (Fsp3) is 0.222. The van der Waals surface area contributed by atoms with Gasteiger partial charge in [-0.1, -0.05) is 36.4 Å². The highest BCUT2D eigenvalue weighted by Gasteiger charge is 2.31. The number of aliphatic hydroxyl groups excluding tert-OH is 1. The van der Waals surface area contributed by atoms with Gasteiger partial charge in [-0.3, -0.25) is 4.79 Å². The first-order chi connectivity index (χ1) is 16.7. The Bertz CT molecular complexity index is 1350. The second-order valence-electron chi connectivity index (χ2n) is 8.86. The minimum absolute atomic E-state index is 0.178. The number of nitrogens with zero attached hydrogens (tertiary/aromatic N) is 1. The van der Waals surface area contributed by atoms with E-state index in [1.807, 2.05) is 12.1 Å². The first kappa shape index (κ1) is 23.3. The standard InChI is InChI=1S/C27H22ClF3N2O2/c1-14(34)23(32-27(35)25-21(30)5-2-6-22(25)31)11-15-7-8-19-24-16(10-17(29)12-20(24)28)13-33-9-3-4-18(15)26(19)33/h2,5-8,10,12,23,34H,1,3-4,9,11,13H2,(H,32,35)/t23-/m0/s1. The summed E-state index contributed by atoms with van der Waals surface area (Å²) < 4.78 is 42.2. The third-order valence-electron chi connectivity index (χ3n) is 6.64. The molecule has 0 fully saturated rings. The summed E-state index contributed by atoms with van der Waals surface area (Å²) in [5.41, 5.74) is 4.73. The Kier molecular flexibility index (Phi) is 5.97. The number of carbonyl (C=O) groups excluding carboxylic acids is 1. The number of carbonyl (C=O) groups is 1. The van der Waals surface area contributed by atoms with E-state index in [2.05, 4.69) is 16.8 Å². The molecular formula is C27H22ClF3N2O2. The number of rotatable bonds is 5. The number of anilines is 1. The van der Waals surface area contributed by atoms with Crippen LogP contribution in [0.1, 0.15) is 33.5 Å². The third-order valence-corrected chi connectivity index (χ3v) is 6.94. The second kappa shape index (κ2) is 8.96. The Morgan fingerprint density at radius 1 is 1.17 bits per heavy atom. The van der Waals surface area contributed by atoms with E-state index in [4.69, 9.17) is 11.6 Å². The van der Waals surface area contributed by atoms with Crippen molar-refractivity contribution < 1.29 is 23.1 Å². The molecular weight excluding hydrogens is 477 g/mol. The van der Waals surface area contributed by atoms with E-state index in [9.17, 15) is 23.1 Å². The normalized spacial score (nSPS) is 14.7. The molecule has 0 bridgehead atoms. The molecule has 2 aliphatic rings. The molecule has 0 saturated heterocycles. The zero-order valence-corrected chi connectivity index (χ0v) is 19.4. The topological polar surface area (TPSA) is 52.6 Å². The van der Waals surface area contributed by atoms with Gasteiger partial charge in [0.2, 0.25) is 0 Å². The van der Waals surface area contributed by atoms with Crippen molar-refractivity contribution in [2.45, 2.75) is 31.8 Å².